The third-order valence-corrected chi connectivity index (χ3v) is 3.25. The van der Waals surface area contributed by atoms with Crippen LogP contribution in [0.5, 0.6) is 5.75 Å². The van der Waals surface area contributed by atoms with Gasteiger partial charge in [0.05, 0.1) is 19.8 Å². The highest BCUT2D eigenvalue weighted by Crippen LogP contribution is 2.15. The Morgan fingerprint density at radius 3 is 2.71 bits per heavy atom. The van der Waals surface area contributed by atoms with Crippen LogP contribution in [0.1, 0.15) is 5.56 Å². The molecule has 1 fully saturated rings. The molecular weight excluding hydrogens is 272 g/mol. The second-order valence-electron chi connectivity index (χ2n) is 4.82. The van der Waals surface area contributed by atoms with Crippen molar-refractivity contribution in [2.24, 2.45) is 0 Å². The molecule has 0 saturated carbocycles. The Hall–Kier alpha value is -2.08. The maximum absolute atomic E-state index is 11.8. The van der Waals surface area contributed by atoms with Crippen molar-refractivity contribution in [3.8, 4) is 5.75 Å². The smallest absolute Gasteiger partial charge is 0.258 e. The summed E-state index contributed by atoms with van der Waals surface area (Å²) < 4.78 is 10.6. The zero-order chi connectivity index (χ0) is 15.1. The van der Waals surface area contributed by atoms with E-state index in [9.17, 15) is 9.59 Å². The van der Waals surface area contributed by atoms with E-state index >= 15 is 0 Å². The van der Waals surface area contributed by atoms with Crippen LogP contribution in [0.4, 0.5) is 0 Å². The fraction of sp³-hybridized carbons (Fsp3) is 0.467. The lowest BCUT2D eigenvalue weighted by molar-refractivity contribution is -0.136. The summed E-state index contributed by atoms with van der Waals surface area (Å²) in [5, 5.41) is 2.57. The summed E-state index contributed by atoms with van der Waals surface area (Å²) in [5.41, 5.74) is 0.967. The Kier molecular flexibility index (Phi) is 5.57. The van der Waals surface area contributed by atoms with Crippen molar-refractivity contribution in [2.75, 3.05) is 39.5 Å². The minimum Gasteiger partial charge on any atom is -0.484 e. The van der Waals surface area contributed by atoms with Crippen LogP contribution < -0.4 is 10.1 Å². The minimum absolute atomic E-state index is 0.00400. The van der Waals surface area contributed by atoms with Crippen LogP contribution in [-0.4, -0.2) is 56.2 Å². The van der Waals surface area contributed by atoms with Gasteiger partial charge < -0.3 is 19.7 Å². The van der Waals surface area contributed by atoms with E-state index in [1.807, 2.05) is 31.2 Å². The molecule has 114 valence electrons. The van der Waals surface area contributed by atoms with Gasteiger partial charge in [0, 0.05) is 13.1 Å². The van der Waals surface area contributed by atoms with Gasteiger partial charge in [0.25, 0.3) is 5.91 Å². The Bertz CT molecular complexity index is 498. The van der Waals surface area contributed by atoms with Gasteiger partial charge in [-0.15, -0.1) is 0 Å². The number of amides is 2. The number of rotatable bonds is 5. The van der Waals surface area contributed by atoms with Crippen LogP contribution in [0.2, 0.25) is 0 Å². The number of carbonyl (C=O) groups is 2. The molecule has 1 aliphatic rings. The number of aryl methyl sites for hydroxylation is 1. The summed E-state index contributed by atoms with van der Waals surface area (Å²) in [5.74, 6) is 0.273. The van der Waals surface area contributed by atoms with Crippen LogP contribution in [0, 0.1) is 6.92 Å². The lowest BCUT2D eigenvalue weighted by atomic mass is 10.2. The largest absolute Gasteiger partial charge is 0.484 e. The van der Waals surface area contributed by atoms with Crippen LogP contribution >= 0.6 is 0 Å². The van der Waals surface area contributed by atoms with Crippen molar-refractivity contribution in [2.45, 2.75) is 6.92 Å². The Morgan fingerprint density at radius 2 is 2.00 bits per heavy atom. The van der Waals surface area contributed by atoms with Crippen LogP contribution in [0.15, 0.2) is 24.3 Å². The van der Waals surface area contributed by atoms with E-state index in [4.69, 9.17) is 9.47 Å². The molecule has 6 nitrogen and oxygen atoms in total. The second kappa shape index (κ2) is 7.64. The summed E-state index contributed by atoms with van der Waals surface area (Å²) >= 11 is 0. The number of hydrogen-bond acceptors (Lipinski definition) is 4. The minimum atomic E-state index is -0.306. The molecule has 21 heavy (non-hydrogen) atoms. The molecule has 1 aromatic rings. The predicted molar refractivity (Wildman–Crippen MR) is 77.1 cm³/mol. The van der Waals surface area contributed by atoms with E-state index in [0.29, 0.717) is 32.1 Å². The maximum Gasteiger partial charge on any atom is 0.258 e. The molecule has 0 spiro atoms. The van der Waals surface area contributed by atoms with E-state index in [-0.39, 0.29) is 25.0 Å². The first-order chi connectivity index (χ1) is 10.2. The summed E-state index contributed by atoms with van der Waals surface area (Å²) in [6.45, 7) is 4.07. The third kappa shape index (κ3) is 4.75. The van der Waals surface area contributed by atoms with Crippen molar-refractivity contribution in [1.82, 2.24) is 10.2 Å². The Labute approximate surface area is 124 Å². The highest BCUT2D eigenvalue weighted by atomic mass is 16.5. The number of morpholine rings is 1. The van der Waals surface area contributed by atoms with E-state index < -0.39 is 0 Å². The Balaban J connectivity index is 1.70. The average molecular weight is 292 g/mol. The molecule has 1 heterocycles. The molecule has 6 heteroatoms. The first kappa shape index (κ1) is 15.3. The van der Waals surface area contributed by atoms with Gasteiger partial charge in [0.15, 0.2) is 6.61 Å². The van der Waals surface area contributed by atoms with Crippen molar-refractivity contribution in [3.63, 3.8) is 0 Å². The molecule has 0 unspecified atom stereocenters. The molecule has 2 amide bonds. The molecule has 1 aliphatic heterocycles. The van der Waals surface area contributed by atoms with Gasteiger partial charge in [0.1, 0.15) is 5.75 Å². The highest BCUT2D eigenvalue weighted by Gasteiger charge is 2.17. The number of ether oxygens (including phenoxy) is 2. The second-order valence-corrected chi connectivity index (χ2v) is 4.82. The fourth-order valence-corrected chi connectivity index (χ4v) is 2.01. The molecule has 1 aromatic carbocycles. The number of para-hydroxylation sites is 1. The first-order valence-electron chi connectivity index (χ1n) is 6.97. The molecule has 0 aromatic heterocycles. The number of carbonyl (C=O) groups excluding carboxylic acids is 2. The Morgan fingerprint density at radius 1 is 1.29 bits per heavy atom. The number of nitrogens with zero attached hydrogens (tertiary/aromatic N) is 1. The molecular formula is C15H20N2O4. The fourth-order valence-electron chi connectivity index (χ4n) is 2.01. The first-order valence-corrected chi connectivity index (χ1v) is 6.97. The molecule has 0 radical (unpaired) electrons. The number of benzene rings is 1. The molecule has 0 bridgehead atoms. The molecule has 1 saturated heterocycles. The lowest BCUT2D eigenvalue weighted by Gasteiger charge is -2.26. The topological polar surface area (TPSA) is 67.9 Å². The van der Waals surface area contributed by atoms with Gasteiger partial charge in [-0.1, -0.05) is 18.2 Å². The molecule has 2 rings (SSSR count). The summed E-state index contributed by atoms with van der Waals surface area (Å²) in [6, 6.07) is 7.47. The van der Waals surface area contributed by atoms with E-state index in [1.54, 1.807) is 4.90 Å². The van der Waals surface area contributed by atoms with Gasteiger partial charge in [-0.25, -0.2) is 0 Å². The summed E-state index contributed by atoms with van der Waals surface area (Å²) in [7, 11) is 0. The molecule has 0 aliphatic carbocycles. The SMILES string of the molecule is Cc1ccccc1OCC(=O)NCC(=O)N1CCOCC1. The van der Waals surface area contributed by atoms with Crippen LogP contribution in [-0.2, 0) is 14.3 Å². The quantitative estimate of drug-likeness (QED) is 0.850. The summed E-state index contributed by atoms with van der Waals surface area (Å²) in [4.78, 5) is 25.2. The zero-order valence-electron chi connectivity index (χ0n) is 12.1. The van der Waals surface area contributed by atoms with E-state index in [2.05, 4.69) is 5.32 Å². The van der Waals surface area contributed by atoms with Crippen LogP contribution in [0.25, 0.3) is 0 Å². The van der Waals surface area contributed by atoms with Gasteiger partial charge in [-0.05, 0) is 18.6 Å². The third-order valence-electron chi connectivity index (χ3n) is 3.25. The zero-order valence-corrected chi connectivity index (χ0v) is 12.1. The molecule has 0 atom stereocenters. The van der Waals surface area contributed by atoms with Gasteiger partial charge >= 0.3 is 0 Å². The van der Waals surface area contributed by atoms with Crippen LogP contribution in [0.3, 0.4) is 0 Å². The summed E-state index contributed by atoms with van der Waals surface area (Å²) in [6.07, 6.45) is 0. The number of hydrogen-bond donors (Lipinski definition) is 1. The van der Waals surface area contributed by atoms with Gasteiger partial charge in [-0.2, -0.15) is 0 Å². The maximum atomic E-state index is 11.8. The van der Waals surface area contributed by atoms with Crippen molar-refractivity contribution in [1.29, 1.82) is 0 Å². The highest BCUT2D eigenvalue weighted by molar-refractivity contribution is 5.85. The number of nitrogens with one attached hydrogen (secondary N) is 1. The van der Waals surface area contributed by atoms with Gasteiger partial charge in [-0.3, -0.25) is 9.59 Å². The monoisotopic (exact) mass is 292 g/mol. The van der Waals surface area contributed by atoms with E-state index in [0.717, 1.165) is 5.56 Å². The van der Waals surface area contributed by atoms with Crippen molar-refractivity contribution >= 4 is 11.8 Å². The average Bonchev–Trinajstić information content (AvgIpc) is 2.52. The van der Waals surface area contributed by atoms with Gasteiger partial charge in [0.2, 0.25) is 5.91 Å². The lowest BCUT2D eigenvalue weighted by Crippen LogP contribution is -2.46. The predicted octanol–water partition coefficient (Wildman–Crippen LogP) is 0.349. The standard InChI is InChI=1S/C15H20N2O4/c1-12-4-2-3-5-13(12)21-11-14(18)16-10-15(19)17-6-8-20-9-7-17/h2-5H,6-11H2,1H3,(H,16,18). The van der Waals surface area contributed by atoms with Crippen molar-refractivity contribution < 1.29 is 19.1 Å². The normalized spacial score (nSPS) is 14.6. The van der Waals surface area contributed by atoms with Crippen molar-refractivity contribution in [3.05, 3.63) is 29.8 Å². The van der Waals surface area contributed by atoms with E-state index in [1.165, 1.54) is 0 Å². The molecule has 1 N–H and O–H groups in total.